The lowest BCUT2D eigenvalue weighted by Crippen LogP contribution is -2.51. The second kappa shape index (κ2) is 9.03. The second-order valence-electron chi connectivity index (χ2n) is 9.45. The van der Waals surface area contributed by atoms with Crippen LogP contribution in [0.15, 0.2) is 64.5 Å². The van der Waals surface area contributed by atoms with Crippen molar-refractivity contribution >= 4 is 32.4 Å². The molecule has 1 fully saturated rings. The lowest BCUT2D eigenvalue weighted by molar-refractivity contribution is 0.119. The summed E-state index contributed by atoms with van der Waals surface area (Å²) < 4.78 is 1.04. The van der Waals surface area contributed by atoms with Gasteiger partial charge in [-0.25, -0.2) is 10.4 Å². The minimum Gasteiger partial charge on any atom is -0.513 e. The van der Waals surface area contributed by atoms with E-state index in [1.54, 1.807) is 0 Å². The Labute approximate surface area is 203 Å². The number of hydrazine groups is 1. The summed E-state index contributed by atoms with van der Waals surface area (Å²) in [7, 11) is 2.18. The number of aliphatic hydroxyl groups excluding tert-OH is 1. The maximum atomic E-state index is 10.1. The van der Waals surface area contributed by atoms with Crippen LogP contribution in [0.1, 0.15) is 44.6 Å². The van der Waals surface area contributed by atoms with Crippen LogP contribution in [0.5, 0.6) is 0 Å². The van der Waals surface area contributed by atoms with Gasteiger partial charge in [0, 0.05) is 42.7 Å². The number of nitrogens with one attached hydrogen (secondary N) is 1. The number of halogens is 1. The van der Waals surface area contributed by atoms with Crippen molar-refractivity contribution < 1.29 is 5.11 Å². The Morgan fingerprint density at radius 3 is 2.97 bits per heavy atom. The smallest absolute Gasteiger partial charge is 0.132 e. The first-order valence-electron chi connectivity index (χ1n) is 11.8. The zero-order chi connectivity index (χ0) is 23.1. The average molecular weight is 510 g/mol. The van der Waals surface area contributed by atoms with Crippen LogP contribution in [0.3, 0.4) is 0 Å². The van der Waals surface area contributed by atoms with Gasteiger partial charge in [0.15, 0.2) is 0 Å². The monoisotopic (exact) mass is 509 g/mol. The summed E-state index contributed by atoms with van der Waals surface area (Å²) in [6.07, 6.45) is 9.16. The molecular formula is C26H32BrN5O. The Hall–Kier alpha value is -2.51. The number of nitrogens with zero attached hydrogens (tertiary/aromatic N) is 3. The third-order valence-electron chi connectivity index (χ3n) is 7.43. The molecule has 5 rings (SSSR count). The van der Waals surface area contributed by atoms with Crippen molar-refractivity contribution in [2.75, 3.05) is 13.6 Å². The highest BCUT2D eigenvalue weighted by Gasteiger charge is 2.42. The summed E-state index contributed by atoms with van der Waals surface area (Å²) in [5.74, 6) is 3.32. The van der Waals surface area contributed by atoms with Crippen LogP contribution in [-0.4, -0.2) is 39.6 Å². The molecule has 3 heterocycles. The van der Waals surface area contributed by atoms with Crippen molar-refractivity contribution in [3.8, 4) is 0 Å². The number of likely N-dealkylation sites (N-methyl/N-ethyl adjacent to an activating group) is 1. The number of aromatic nitrogens is 1. The minimum absolute atomic E-state index is 0.176. The number of fused-ring (bicyclic) bond motifs is 2. The van der Waals surface area contributed by atoms with Gasteiger partial charge in [-0.1, -0.05) is 24.6 Å². The SMILES string of the molecule is C/C=C(\O)CC1CCCC(C2C(Br)=C(N)N3NCC(c4cnc5ccccc5c4)=C3N2C)C1. The first kappa shape index (κ1) is 22.3. The Balaban J connectivity index is 1.50. The molecule has 3 aliphatic rings. The number of para-hydroxylation sites is 1. The number of rotatable bonds is 4. The lowest BCUT2D eigenvalue weighted by atomic mass is 9.75. The fourth-order valence-electron chi connectivity index (χ4n) is 5.79. The van der Waals surface area contributed by atoms with E-state index in [1.165, 1.54) is 18.4 Å². The zero-order valence-electron chi connectivity index (χ0n) is 19.3. The highest BCUT2D eigenvalue weighted by Crippen LogP contribution is 2.45. The third kappa shape index (κ3) is 4.02. The van der Waals surface area contributed by atoms with Gasteiger partial charge in [-0.15, -0.1) is 0 Å². The highest BCUT2D eigenvalue weighted by molar-refractivity contribution is 9.11. The number of benzene rings is 1. The molecule has 6 nitrogen and oxygen atoms in total. The van der Waals surface area contributed by atoms with E-state index in [1.807, 2.05) is 36.3 Å². The Morgan fingerprint density at radius 1 is 1.33 bits per heavy atom. The molecule has 0 amide bonds. The molecule has 0 saturated heterocycles. The second-order valence-corrected chi connectivity index (χ2v) is 10.3. The molecule has 33 heavy (non-hydrogen) atoms. The highest BCUT2D eigenvalue weighted by atomic mass is 79.9. The molecule has 2 aliphatic heterocycles. The summed E-state index contributed by atoms with van der Waals surface area (Å²) in [6.45, 7) is 2.61. The summed E-state index contributed by atoms with van der Waals surface area (Å²) in [5, 5.41) is 13.2. The van der Waals surface area contributed by atoms with Crippen LogP contribution >= 0.6 is 15.9 Å². The van der Waals surface area contributed by atoms with Crippen LogP contribution in [0.4, 0.5) is 0 Å². The number of pyridine rings is 1. The molecule has 7 heteroatoms. The standard InChI is InChI=1S/C26H32BrN5O/c1-3-20(33)12-16-7-6-9-18(11-16)24-23(27)25(28)32-26(31(24)2)21(15-30-32)19-13-17-8-4-5-10-22(17)29-14-19/h3-5,8,10,13-14,16,18,24,30,33H,6-7,9,11-12,15,28H2,1-2H3/b20-3-. The predicted molar refractivity (Wildman–Crippen MR) is 137 cm³/mol. The van der Waals surface area contributed by atoms with Gasteiger partial charge in [0.1, 0.15) is 11.6 Å². The largest absolute Gasteiger partial charge is 0.513 e. The van der Waals surface area contributed by atoms with E-state index < -0.39 is 0 Å². The van der Waals surface area contributed by atoms with Crippen molar-refractivity contribution in [1.82, 2.24) is 20.3 Å². The van der Waals surface area contributed by atoms with Crippen LogP contribution in [0, 0.1) is 11.8 Å². The van der Waals surface area contributed by atoms with Crippen LogP contribution in [-0.2, 0) is 0 Å². The predicted octanol–water partition coefficient (Wildman–Crippen LogP) is 5.22. The molecule has 1 aromatic carbocycles. The van der Waals surface area contributed by atoms with Gasteiger partial charge in [0.25, 0.3) is 0 Å². The van der Waals surface area contributed by atoms with E-state index >= 15 is 0 Å². The van der Waals surface area contributed by atoms with Crippen molar-refractivity contribution in [2.45, 2.75) is 45.1 Å². The quantitative estimate of drug-likeness (QED) is 0.490. The normalized spacial score (nSPS) is 26.4. The molecule has 1 saturated carbocycles. The van der Waals surface area contributed by atoms with Gasteiger partial charge in [-0.3, -0.25) is 4.98 Å². The summed E-state index contributed by atoms with van der Waals surface area (Å²) in [4.78, 5) is 7.08. The number of aliphatic hydroxyl groups is 1. The molecule has 3 unspecified atom stereocenters. The van der Waals surface area contributed by atoms with Gasteiger partial charge in [0.05, 0.1) is 21.8 Å². The van der Waals surface area contributed by atoms with E-state index in [-0.39, 0.29) is 6.04 Å². The summed E-state index contributed by atoms with van der Waals surface area (Å²) in [6, 6.07) is 10.6. The zero-order valence-corrected chi connectivity index (χ0v) is 20.8. The molecule has 2 aromatic rings. The molecule has 0 spiro atoms. The van der Waals surface area contributed by atoms with E-state index in [4.69, 9.17) is 10.7 Å². The van der Waals surface area contributed by atoms with Gasteiger partial charge < -0.3 is 15.7 Å². The number of allylic oxidation sites excluding steroid dienone is 2. The van der Waals surface area contributed by atoms with E-state index in [0.29, 0.717) is 24.1 Å². The summed E-state index contributed by atoms with van der Waals surface area (Å²) in [5.41, 5.74) is 13.5. The molecule has 1 aliphatic carbocycles. The lowest BCUT2D eigenvalue weighted by Gasteiger charge is -2.46. The van der Waals surface area contributed by atoms with Crippen molar-refractivity contribution in [3.05, 3.63) is 70.1 Å². The van der Waals surface area contributed by atoms with Crippen molar-refractivity contribution in [3.63, 3.8) is 0 Å². The van der Waals surface area contributed by atoms with Crippen molar-refractivity contribution in [2.24, 2.45) is 17.6 Å². The Bertz CT molecular complexity index is 1160. The summed E-state index contributed by atoms with van der Waals surface area (Å²) >= 11 is 3.86. The maximum Gasteiger partial charge on any atom is 0.132 e. The van der Waals surface area contributed by atoms with Gasteiger partial charge >= 0.3 is 0 Å². The number of hydrogen-bond acceptors (Lipinski definition) is 6. The average Bonchev–Trinajstić information content (AvgIpc) is 3.28. The molecule has 3 atom stereocenters. The van der Waals surface area contributed by atoms with Gasteiger partial charge in [-0.2, -0.15) is 0 Å². The number of hydrogen-bond donors (Lipinski definition) is 3. The van der Waals surface area contributed by atoms with Gasteiger partial charge in [-0.05, 0) is 72.2 Å². The Morgan fingerprint density at radius 2 is 2.15 bits per heavy atom. The van der Waals surface area contributed by atoms with E-state index in [0.717, 1.165) is 51.9 Å². The van der Waals surface area contributed by atoms with E-state index in [2.05, 4.69) is 51.5 Å². The number of nitrogens with two attached hydrogens (primary N) is 1. The Kier molecular flexibility index (Phi) is 6.10. The van der Waals surface area contributed by atoms with Crippen LogP contribution < -0.4 is 11.2 Å². The molecule has 1 aromatic heterocycles. The van der Waals surface area contributed by atoms with Crippen molar-refractivity contribution in [1.29, 1.82) is 0 Å². The van der Waals surface area contributed by atoms with Crippen LogP contribution in [0.2, 0.25) is 0 Å². The topological polar surface area (TPSA) is 77.6 Å². The van der Waals surface area contributed by atoms with Crippen LogP contribution in [0.25, 0.3) is 16.5 Å². The molecular weight excluding hydrogens is 478 g/mol. The minimum atomic E-state index is 0.176. The first-order chi connectivity index (χ1) is 16.0. The third-order valence-corrected chi connectivity index (χ3v) is 8.31. The fourth-order valence-corrected chi connectivity index (χ4v) is 6.64. The van der Waals surface area contributed by atoms with Gasteiger partial charge in [0.2, 0.25) is 0 Å². The maximum absolute atomic E-state index is 10.1. The molecule has 4 N–H and O–H groups in total. The molecule has 174 valence electrons. The molecule has 0 bridgehead atoms. The fraction of sp³-hybridized carbons (Fsp3) is 0.423. The first-order valence-corrected chi connectivity index (χ1v) is 12.6. The van der Waals surface area contributed by atoms with E-state index in [9.17, 15) is 5.11 Å². The molecule has 0 radical (unpaired) electrons.